The molecule has 1 aliphatic heterocycles. The van der Waals surface area contributed by atoms with E-state index in [1.165, 1.54) is 0 Å². The van der Waals surface area contributed by atoms with Gasteiger partial charge in [0.15, 0.2) is 5.78 Å². The summed E-state index contributed by atoms with van der Waals surface area (Å²) in [6, 6.07) is 17.5. The molecule has 8 heteroatoms. The van der Waals surface area contributed by atoms with Crippen LogP contribution in [0, 0.1) is 17.3 Å². The lowest BCUT2D eigenvalue weighted by Gasteiger charge is -2.45. The highest BCUT2D eigenvalue weighted by Crippen LogP contribution is 2.67. The molecule has 5 N–H and O–H groups in total. The molecule has 3 fully saturated rings. The molecule has 0 amide bonds. The van der Waals surface area contributed by atoms with Gasteiger partial charge >= 0.3 is 11.9 Å². The number of nitrogens with two attached hydrogens (primary N) is 2. The zero-order valence-corrected chi connectivity index (χ0v) is 22.3. The van der Waals surface area contributed by atoms with Crippen molar-refractivity contribution in [3.63, 3.8) is 0 Å². The number of Topliss-reactive ketones (excluding diaryl/α,β-unsaturated/α-hetero) is 1. The predicted octanol–water partition coefficient (Wildman–Crippen LogP) is 3.02. The molecule has 2 aromatic carbocycles. The van der Waals surface area contributed by atoms with Crippen LogP contribution in [-0.2, 0) is 37.1 Å². The second-order valence-corrected chi connectivity index (χ2v) is 11.3. The molecule has 8 nitrogen and oxygen atoms in total. The molecule has 208 valence electrons. The topological polar surface area (TPSA) is 134 Å². The summed E-state index contributed by atoms with van der Waals surface area (Å²) in [5, 5.41) is 3.37. The fourth-order valence-corrected chi connectivity index (χ4v) is 7.34. The molecule has 0 radical (unpaired) electrons. The highest BCUT2D eigenvalue weighted by atomic mass is 16.5. The first-order valence-corrected chi connectivity index (χ1v) is 14.1. The molecule has 3 aliphatic rings. The Kier molecular flexibility index (Phi) is 8.16. The maximum atomic E-state index is 14.1. The van der Waals surface area contributed by atoms with Crippen molar-refractivity contribution < 1.29 is 23.9 Å². The summed E-state index contributed by atoms with van der Waals surface area (Å²) in [5.74, 6) is -1.07. The number of rotatable bonds is 12. The number of esters is 2. The second-order valence-electron chi connectivity index (χ2n) is 11.3. The van der Waals surface area contributed by atoms with E-state index in [0.29, 0.717) is 32.2 Å². The van der Waals surface area contributed by atoms with Crippen molar-refractivity contribution in [1.82, 2.24) is 5.32 Å². The van der Waals surface area contributed by atoms with Crippen LogP contribution in [0.25, 0.3) is 0 Å². The zero-order chi connectivity index (χ0) is 27.5. The van der Waals surface area contributed by atoms with Gasteiger partial charge in [-0.2, -0.15) is 0 Å². The largest absolute Gasteiger partial charge is 0.460 e. The predicted molar refractivity (Wildman–Crippen MR) is 146 cm³/mol. The summed E-state index contributed by atoms with van der Waals surface area (Å²) in [4.78, 5) is 41.5. The van der Waals surface area contributed by atoms with Crippen LogP contribution in [0.3, 0.4) is 0 Å². The molecular weight excluding hydrogens is 494 g/mol. The summed E-state index contributed by atoms with van der Waals surface area (Å²) in [6.07, 6.45) is 4.45. The van der Waals surface area contributed by atoms with Crippen molar-refractivity contribution in [2.45, 2.75) is 75.8 Å². The Bertz CT molecular complexity index is 1180. The third-order valence-corrected chi connectivity index (χ3v) is 9.15. The van der Waals surface area contributed by atoms with E-state index in [-0.39, 0.29) is 30.8 Å². The number of hydrogen-bond acceptors (Lipinski definition) is 8. The standard InChI is InChI=1S/C31H39N3O5/c32-16-8-7-13-25(33)27(35)30-15-14-23(18-30)24-17-26(28(36)38-19-21-9-3-1-4-10-21)34-31(24,30)29(37)39-20-22-11-5-2-6-12-22/h1-6,9-12,23-26,34H,7-8,13-20,32-33H2/t23-,24-,25?,26-,30-,31-/m0/s1. The van der Waals surface area contributed by atoms with Crippen molar-refractivity contribution in [2.24, 2.45) is 28.7 Å². The van der Waals surface area contributed by atoms with Crippen molar-refractivity contribution in [2.75, 3.05) is 6.54 Å². The molecule has 0 spiro atoms. The number of hydrogen-bond donors (Lipinski definition) is 3. The summed E-state index contributed by atoms with van der Waals surface area (Å²) in [5.41, 5.74) is 11.6. The Hall–Kier alpha value is -3.07. The molecule has 2 bridgehead atoms. The minimum Gasteiger partial charge on any atom is -0.460 e. The lowest BCUT2D eigenvalue weighted by Crippen LogP contribution is -2.68. The van der Waals surface area contributed by atoms with Crippen LogP contribution in [-0.4, -0.2) is 41.9 Å². The number of nitrogens with one attached hydrogen (secondary N) is 1. The number of carbonyl (C=O) groups is 3. The fraction of sp³-hybridized carbons (Fsp3) is 0.516. The molecular formula is C31H39N3O5. The average molecular weight is 534 g/mol. The normalized spacial score (nSPS) is 29.5. The molecule has 2 aliphatic carbocycles. The Morgan fingerprint density at radius 2 is 1.59 bits per heavy atom. The first-order chi connectivity index (χ1) is 18.9. The summed E-state index contributed by atoms with van der Waals surface area (Å²) >= 11 is 0. The van der Waals surface area contributed by atoms with Gasteiger partial charge in [0.05, 0.1) is 11.5 Å². The van der Waals surface area contributed by atoms with Crippen LogP contribution in [0.5, 0.6) is 0 Å². The van der Waals surface area contributed by atoms with E-state index >= 15 is 0 Å². The fourth-order valence-electron chi connectivity index (χ4n) is 7.34. The van der Waals surface area contributed by atoms with Crippen LogP contribution in [0.2, 0.25) is 0 Å². The number of fused-ring (bicyclic) bond motifs is 5. The van der Waals surface area contributed by atoms with Gasteiger partial charge in [0.25, 0.3) is 0 Å². The molecule has 1 saturated heterocycles. The monoisotopic (exact) mass is 533 g/mol. The SMILES string of the molecule is NCCCCC(N)C(=O)[C@]12CC[C@@H](C1)[C@@H]1C[C@@H](C(=O)OCc3ccccc3)N[C@]12C(=O)OCc1ccccc1. The quantitative estimate of drug-likeness (QED) is 0.280. The number of ether oxygens (including phenoxy) is 2. The van der Waals surface area contributed by atoms with E-state index < -0.39 is 35.0 Å². The maximum Gasteiger partial charge on any atom is 0.328 e. The van der Waals surface area contributed by atoms with E-state index in [1.807, 2.05) is 60.7 Å². The Morgan fingerprint density at radius 3 is 2.23 bits per heavy atom. The van der Waals surface area contributed by atoms with Gasteiger partial charge in [0.2, 0.25) is 0 Å². The van der Waals surface area contributed by atoms with Crippen LogP contribution >= 0.6 is 0 Å². The molecule has 0 aromatic heterocycles. The van der Waals surface area contributed by atoms with Crippen molar-refractivity contribution in [3.05, 3.63) is 71.8 Å². The molecule has 39 heavy (non-hydrogen) atoms. The molecule has 2 saturated carbocycles. The van der Waals surface area contributed by atoms with E-state index in [1.54, 1.807) is 0 Å². The molecule has 6 atom stereocenters. The Morgan fingerprint density at radius 1 is 0.949 bits per heavy atom. The van der Waals surface area contributed by atoms with E-state index in [4.69, 9.17) is 20.9 Å². The number of benzene rings is 2. The maximum absolute atomic E-state index is 14.1. The van der Waals surface area contributed by atoms with Gasteiger partial charge in [-0.05, 0) is 68.0 Å². The first kappa shape index (κ1) is 27.5. The molecule has 1 heterocycles. The van der Waals surface area contributed by atoms with E-state index in [0.717, 1.165) is 30.4 Å². The van der Waals surface area contributed by atoms with Gasteiger partial charge in [-0.15, -0.1) is 0 Å². The molecule has 2 aromatic rings. The number of ketones is 1. The number of carbonyl (C=O) groups excluding carboxylic acids is 3. The van der Waals surface area contributed by atoms with Gasteiger partial charge in [0, 0.05) is 0 Å². The Balaban J connectivity index is 1.40. The van der Waals surface area contributed by atoms with Crippen molar-refractivity contribution >= 4 is 17.7 Å². The third-order valence-electron chi connectivity index (χ3n) is 9.15. The third kappa shape index (κ3) is 5.01. The highest BCUT2D eigenvalue weighted by molar-refractivity contribution is 6.00. The van der Waals surface area contributed by atoms with Gasteiger partial charge in [0.1, 0.15) is 24.8 Å². The van der Waals surface area contributed by atoms with Gasteiger partial charge in [-0.3, -0.25) is 14.9 Å². The highest BCUT2D eigenvalue weighted by Gasteiger charge is 2.77. The number of unbranched alkanes of at least 4 members (excludes halogenated alkanes) is 1. The minimum atomic E-state index is -1.30. The summed E-state index contributed by atoms with van der Waals surface area (Å²) in [7, 11) is 0. The first-order valence-electron chi connectivity index (χ1n) is 14.1. The molecule has 1 unspecified atom stereocenters. The lowest BCUT2D eigenvalue weighted by atomic mass is 9.61. The van der Waals surface area contributed by atoms with Crippen LogP contribution in [0.4, 0.5) is 0 Å². The van der Waals surface area contributed by atoms with Crippen LogP contribution in [0.15, 0.2) is 60.7 Å². The van der Waals surface area contributed by atoms with Gasteiger partial charge < -0.3 is 20.9 Å². The van der Waals surface area contributed by atoms with E-state index in [9.17, 15) is 14.4 Å². The van der Waals surface area contributed by atoms with Crippen LogP contribution in [0.1, 0.15) is 56.1 Å². The van der Waals surface area contributed by atoms with Gasteiger partial charge in [-0.25, -0.2) is 4.79 Å². The van der Waals surface area contributed by atoms with Crippen LogP contribution < -0.4 is 16.8 Å². The van der Waals surface area contributed by atoms with Crippen molar-refractivity contribution in [1.29, 1.82) is 0 Å². The smallest absolute Gasteiger partial charge is 0.328 e. The minimum absolute atomic E-state index is 0.0937. The lowest BCUT2D eigenvalue weighted by molar-refractivity contribution is -0.165. The second kappa shape index (κ2) is 11.6. The summed E-state index contributed by atoms with van der Waals surface area (Å²) in [6.45, 7) is 0.782. The Labute approximate surface area is 229 Å². The summed E-state index contributed by atoms with van der Waals surface area (Å²) < 4.78 is 11.6. The van der Waals surface area contributed by atoms with E-state index in [2.05, 4.69) is 5.32 Å². The van der Waals surface area contributed by atoms with Crippen molar-refractivity contribution in [3.8, 4) is 0 Å². The zero-order valence-electron chi connectivity index (χ0n) is 22.3. The average Bonchev–Trinajstić information content (AvgIpc) is 3.66. The molecule has 5 rings (SSSR count). The van der Waals surface area contributed by atoms with Gasteiger partial charge in [-0.1, -0.05) is 67.1 Å².